The standard InChI is InChI=1S/C16H12BrN3O2/c1-10-13(12-4-2-3-5-15(12)19-10)9-18-16-7-6-11(20(21)22)8-14(16)17/h2-9,19H,1H3. The normalized spacial score (nSPS) is 11.4. The van der Waals surface area contributed by atoms with Crippen LogP contribution in [-0.4, -0.2) is 16.1 Å². The maximum absolute atomic E-state index is 10.7. The van der Waals surface area contributed by atoms with Crippen molar-refractivity contribution in [1.82, 2.24) is 4.98 Å². The molecule has 0 bridgehead atoms. The van der Waals surface area contributed by atoms with Crippen LogP contribution in [0.15, 0.2) is 51.9 Å². The number of nitro benzene ring substituents is 1. The average Bonchev–Trinajstić information content (AvgIpc) is 2.81. The molecule has 0 aliphatic rings. The lowest BCUT2D eigenvalue weighted by atomic mass is 10.1. The predicted octanol–water partition coefficient (Wildman–Crippen LogP) is 4.90. The number of hydrogen-bond donors (Lipinski definition) is 1. The number of H-pyrrole nitrogens is 1. The summed E-state index contributed by atoms with van der Waals surface area (Å²) in [6.45, 7) is 1.99. The number of aryl methyl sites for hydroxylation is 1. The summed E-state index contributed by atoms with van der Waals surface area (Å²) in [4.78, 5) is 18.1. The highest BCUT2D eigenvalue weighted by Crippen LogP contribution is 2.30. The first-order chi connectivity index (χ1) is 10.6. The fourth-order valence-electron chi connectivity index (χ4n) is 2.31. The summed E-state index contributed by atoms with van der Waals surface area (Å²) < 4.78 is 0.593. The third-order valence-corrected chi connectivity index (χ3v) is 4.05. The largest absolute Gasteiger partial charge is 0.358 e. The first-order valence-electron chi connectivity index (χ1n) is 6.61. The number of nitro groups is 1. The van der Waals surface area contributed by atoms with E-state index >= 15 is 0 Å². The third kappa shape index (κ3) is 2.65. The van der Waals surface area contributed by atoms with Gasteiger partial charge in [0.25, 0.3) is 5.69 Å². The Morgan fingerprint density at radius 2 is 2.05 bits per heavy atom. The SMILES string of the molecule is Cc1[nH]c2ccccc2c1C=Nc1ccc([N+](=O)[O-])cc1Br. The van der Waals surface area contributed by atoms with Crippen molar-refractivity contribution in [3.05, 3.63) is 68.3 Å². The third-order valence-electron chi connectivity index (χ3n) is 3.42. The van der Waals surface area contributed by atoms with E-state index in [9.17, 15) is 10.1 Å². The second kappa shape index (κ2) is 5.73. The van der Waals surface area contributed by atoms with Crippen LogP contribution in [0.3, 0.4) is 0 Å². The number of para-hydroxylation sites is 1. The number of halogens is 1. The molecule has 22 heavy (non-hydrogen) atoms. The second-order valence-electron chi connectivity index (χ2n) is 4.86. The topological polar surface area (TPSA) is 71.3 Å². The van der Waals surface area contributed by atoms with Gasteiger partial charge < -0.3 is 4.98 Å². The summed E-state index contributed by atoms with van der Waals surface area (Å²) in [6.07, 6.45) is 1.78. The Kier molecular flexibility index (Phi) is 3.77. The van der Waals surface area contributed by atoms with Crippen molar-refractivity contribution in [3.63, 3.8) is 0 Å². The number of aliphatic imine (C=N–C) groups is 1. The van der Waals surface area contributed by atoms with E-state index in [1.807, 2.05) is 31.2 Å². The van der Waals surface area contributed by atoms with Gasteiger partial charge in [-0.1, -0.05) is 18.2 Å². The zero-order valence-electron chi connectivity index (χ0n) is 11.7. The van der Waals surface area contributed by atoms with E-state index in [1.54, 1.807) is 12.3 Å². The Morgan fingerprint density at radius 1 is 1.27 bits per heavy atom. The average molecular weight is 358 g/mol. The van der Waals surface area contributed by atoms with Crippen molar-refractivity contribution in [2.75, 3.05) is 0 Å². The lowest BCUT2D eigenvalue weighted by Crippen LogP contribution is -1.87. The van der Waals surface area contributed by atoms with Gasteiger partial charge in [0.05, 0.1) is 10.6 Å². The molecule has 0 atom stereocenters. The molecule has 1 aromatic heterocycles. The van der Waals surface area contributed by atoms with Crippen LogP contribution in [0.5, 0.6) is 0 Å². The Balaban J connectivity index is 2.00. The quantitative estimate of drug-likeness (QED) is 0.411. The number of hydrogen-bond acceptors (Lipinski definition) is 3. The maximum Gasteiger partial charge on any atom is 0.270 e. The summed E-state index contributed by atoms with van der Waals surface area (Å²) in [5, 5.41) is 11.8. The van der Waals surface area contributed by atoms with Gasteiger partial charge in [-0.15, -0.1) is 0 Å². The molecule has 0 saturated heterocycles. The molecule has 0 radical (unpaired) electrons. The summed E-state index contributed by atoms with van der Waals surface area (Å²) in [5.74, 6) is 0. The fraction of sp³-hybridized carbons (Fsp3) is 0.0625. The molecule has 3 rings (SSSR count). The molecular formula is C16H12BrN3O2. The fourth-order valence-corrected chi connectivity index (χ4v) is 2.78. The molecule has 5 nitrogen and oxygen atoms in total. The van der Waals surface area contributed by atoms with Crippen molar-refractivity contribution < 1.29 is 4.92 Å². The van der Waals surface area contributed by atoms with E-state index in [-0.39, 0.29) is 5.69 Å². The molecule has 0 aliphatic carbocycles. The van der Waals surface area contributed by atoms with E-state index in [1.165, 1.54) is 12.1 Å². The van der Waals surface area contributed by atoms with E-state index in [2.05, 4.69) is 25.9 Å². The summed E-state index contributed by atoms with van der Waals surface area (Å²) in [7, 11) is 0. The molecule has 0 aliphatic heterocycles. The zero-order chi connectivity index (χ0) is 15.7. The van der Waals surface area contributed by atoms with Crippen LogP contribution < -0.4 is 0 Å². The maximum atomic E-state index is 10.7. The Labute approximate surface area is 135 Å². The lowest BCUT2D eigenvalue weighted by molar-refractivity contribution is -0.384. The summed E-state index contributed by atoms with van der Waals surface area (Å²) in [6, 6.07) is 12.5. The van der Waals surface area contributed by atoms with Crippen molar-refractivity contribution in [2.45, 2.75) is 6.92 Å². The van der Waals surface area contributed by atoms with Crippen molar-refractivity contribution >= 4 is 44.4 Å². The van der Waals surface area contributed by atoms with Crippen LogP contribution in [0, 0.1) is 17.0 Å². The number of non-ortho nitro benzene ring substituents is 1. The molecule has 110 valence electrons. The number of benzene rings is 2. The van der Waals surface area contributed by atoms with Gasteiger partial charge in [-0.25, -0.2) is 0 Å². The lowest BCUT2D eigenvalue weighted by Gasteiger charge is -1.99. The predicted molar refractivity (Wildman–Crippen MR) is 91.1 cm³/mol. The highest BCUT2D eigenvalue weighted by atomic mass is 79.9. The smallest absolute Gasteiger partial charge is 0.270 e. The number of aromatic nitrogens is 1. The van der Waals surface area contributed by atoms with E-state index < -0.39 is 4.92 Å². The van der Waals surface area contributed by atoms with E-state index in [0.717, 1.165) is 22.2 Å². The first kappa shape index (κ1) is 14.5. The van der Waals surface area contributed by atoms with Crippen LogP contribution in [0.25, 0.3) is 10.9 Å². The minimum atomic E-state index is -0.429. The minimum absolute atomic E-state index is 0.0362. The summed E-state index contributed by atoms with van der Waals surface area (Å²) in [5.41, 5.74) is 3.79. The van der Waals surface area contributed by atoms with E-state index in [0.29, 0.717) is 10.2 Å². The number of nitrogens with one attached hydrogen (secondary N) is 1. The molecular weight excluding hydrogens is 346 g/mol. The first-order valence-corrected chi connectivity index (χ1v) is 7.41. The molecule has 1 N–H and O–H groups in total. The van der Waals surface area contributed by atoms with Crippen molar-refractivity contribution in [2.24, 2.45) is 4.99 Å². The highest BCUT2D eigenvalue weighted by molar-refractivity contribution is 9.10. The molecule has 3 aromatic rings. The van der Waals surface area contributed by atoms with E-state index in [4.69, 9.17) is 0 Å². The molecule has 0 spiro atoms. The Hall–Kier alpha value is -2.47. The summed E-state index contributed by atoms with van der Waals surface area (Å²) >= 11 is 3.32. The highest BCUT2D eigenvalue weighted by Gasteiger charge is 2.09. The number of nitrogens with zero attached hydrogens (tertiary/aromatic N) is 2. The van der Waals surface area contributed by atoms with Gasteiger partial charge in [-0.2, -0.15) is 0 Å². The molecule has 0 amide bonds. The van der Waals surface area contributed by atoms with Gasteiger partial charge >= 0.3 is 0 Å². The van der Waals surface area contributed by atoms with Gasteiger partial charge in [-0.3, -0.25) is 15.1 Å². The molecule has 0 fully saturated rings. The second-order valence-corrected chi connectivity index (χ2v) is 5.71. The Bertz CT molecular complexity index is 900. The van der Waals surface area contributed by atoms with Gasteiger partial charge in [-0.05, 0) is 35.0 Å². The van der Waals surface area contributed by atoms with Gasteiger partial charge in [0.15, 0.2) is 0 Å². The monoisotopic (exact) mass is 357 g/mol. The molecule has 0 unspecified atom stereocenters. The number of aromatic amines is 1. The molecule has 6 heteroatoms. The van der Waals surface area contributed by atoms with Gasteiger partial charge in [0.2, 0.25) is 0 Å². The van der Waals surface area contributed by atoms with Crippen molar-refractivity contribution in [3.8, 4) is 0 Å². The van der Waals surface area contributed by atoms with Crippen molar-refractivity contribution in [1.29, 1.82) is 0 Å². The molecule has 0 saturated carbocycles. The van der Waals surface area contributed by atoms with Gasteiger partial charge in [0.1, 0.15) is 0 Å². The van der Waals surface area contributed by atoms with Gasteiger partial charge in [0, 0.05) is 45.0 Å². The Morgan fingerprint density at radius 3 is 2.77 bits per heavy atom. The van der Waals surface area contributed by atoms with Crippen LogP contribution in [0.2, 0.25) is 0 Å². The van der Waals surface area contributed by atoms with Crippen LogP contribution >= 0.6 is 15.9 Å². The van der Waals surface area contributed by atoms with Crippen LogP contribution in [-0.2, 0) is 0 Å². The van der Waals surface area contributed by atoms with Crippen LogP contribution in [0.1, 0.15) is 11.3 Å². The zero-order valence-corrected chi connectivity index (χ0v) is 13.3. The molecule has 2 aromatic carbocycles. The van der Waals surface area contributed by atoms with Crippen LogP contribution in [0.4, 0.5) is 11.4 Å². The minimum Gasteiger partial charge on any atom is -0.358 e. The number of fused-ring (bicyclic) bond motifs is 1. The number of rotatable bonds is 3. The molecule has 1 heterocycles.